The molecule has 1 heterocycles. The molecule has 0 aliphatic heterocycles. The van der Waals surface area contributed by atoms with Gasteiger partial charge in [-0.25, -0.2) is 0 Å². The first-order valence-electron chi connectivity index (χ1n) is 8.43. The molecule has 2 rings (SSSR count). The van der Waals surface area contributed by atoms with Gasteiger partial charge in [0.05, 0.1) is 0 Å². The maximum absolute atomic E-state index is 11.8. The number of nitrogens with one attached hydrogen (secondary N) is 2. The minimum absolute atomic E-state index is 0.0818. The lowest BCUT2D eigenvalue weighted by Crippen LogP contribution is -2.34. The summed E-state index contributed by atoms with van der Waals surface area (Å²) in [5.74, 6) is -1.74. The second kappa shape index (κ2) is 10.3. The summed E-state index contributed by atoms with van der Waals surface area (Å²) in [4.78, 5) is 41.1. The molecule has 8 nitrogen and oxygen atoms in total. The number of pyridine rings is 1. The molecule has 9 heteroatoms. The number of halogens is 1. The minimum Gasteiger partial charge on any atom is -0.454 e. The van der Waals surface area contributed by atoms with Gasteiger partial charge in [0.1, 0.15) is 12.2 Å². The number of aromatic nitrogens is 1. The van der Waals surface area contributed by atoms with Gasteiger partial charge in [0.2, 0.25) is 0 Å². The van der Waals surface area contributed by atoms with E-state index in [1.165, 1.54) is 18.3 Å². The van der Waals surface area contributed by atoms with Crippen LogP contribution in [0.2, 0.25) is 5.02 Å². The van der Waals surface area contributed by atoms with Crippen LogP contribution in [0.3, 0.4) is 0 Å². The van der Waals surface area contributed by atoms with Crippen LogP contribution in [0.5, 0.6) is 0 Å². The molecule has 0 aliphatic carbocycles. The molecule has 1 aromatic heterocycles. The lowest BCUT2D eigenvalue weighted by atomic mass is 10.2. The number of benzene rings is 1. The normalized spacial score (nSPS) is 10.1. The average Bonchev–Trinajstić information content (AvgIpc) is 2.69. The molecule has 2 N–H and O–H groups in total. The Hall–Kier alpha value is -3.13. The van der Waals surface area contributed by atoms with Gasteiger partial charge in [0.25, 0.3) is 11.8 Å². The Balaban J connectivity index is 1.67. The number of hydrogen-bond donors (Lipinski definition) is 2. The van der Waals surface area contributed by atoms with Crippen molar-refractivity contribution in [2.75, 3.05) is 32.1 Å². The summed E-state index contributed by atoms with van der Waals surface area (Å²) < 4.78 is 4.83. The average molecular weight is 405 g/mol. The van der Waals surface area contributed by atoms with E-state index in [1.54, 1.807) is 0 Å². The zero-order valence-electron chi connectivity index (χ0n) is 15.6. The first kappa shape index (κ1) is 21.2. The van der Waals surface area contributed by atoms with Crippen molar-refractivity contribution in [3.05, 3.63) is 58.9 Å². The number of anilines is 1. The molecule has 0 unspecified atom stereocenters. The number of rotatable bonds is 8. The Morgan fingerprint density at radius 2 is 1.82 bits per heavy atom. The van der Waals surface area contributed by atoms with Gasteiger partial charge in [-0.05, 0) is 29.8 Å². The summed E-state index contributed by atoms with van der Waals surface area (Å²) >= 11 is 5.77. The fraction of sp³-hybridized carbons (Fsp3) is 0.263. The third-order valence-corrected chi connectivity index (χ3v) is 3.89. The van der Waals surface area contributed by atoms with E-state index in [4.69, 9.17) is 16.3 Å². The van der Waals surface area contributed by atoms with Crippen LogP contribution in [0.1, 0.15) is 16.1 Å². The molecule has 0 radical (unpaired) electrons. The summed E-state index contributed by atoms with van der Waals surface area (Å²) in [5, 5.41) is 5.37. The lowest BCUT2D eigenvalue weighted by molar-refractivity contribution is -0.147. The highest BCUT2D eigenvalue weighted by Crippen LogP contribution is 2.12. The summed E-state index contributed by atoms with van der Waals surface area (Å²) in [6.45, 7) is -0.493. The standard InChI is InChI=1S/C19H21ClN4O4/c1-24(2)15-5-3-13(4-6-15)10-22-17(25)12-28-18(26)11-23-19(27)16-9-14(20)7-8-21-16/h3-9H,10-12H2,1-2H3,(H,22,25)(H,23,27). The number of hydrogen-bond acceptors (Lipinski definition) is 6. The van der Waals surface area contributed by atoms with Crippen molar-refractivity contribution in [3.63, 3.8) is 0 Å². The van der Waals surface area contributed by atoms with Gasteiger partial charge < -0.3 is 20.3 Å². The number of carbonyl (C=O) groups excluding carboxylic acids is 3. The Morgan fingerprint density at radius 3 is 2.46 bits per heavy atom. The summed E-state index contributed by atoms with van der Waals surface area (Å²) in [7, 11) is 3.89. The second-order valence-corrected chi connectivity index (χ2v) is 6.48. The van der Waals surface area contributed by atoms with E-state index in [-0.39, 0.29) is 12.2 Å². The van der Waals surface area contributed by atoms with Gasteiger partial charge in [0, 0.05) is 37.5 Å². The van der Waals surface area contributed by atoms with Crippen LogP contribution in [-0.2, 0) is 20.9 Å². The SMILES string of the molecule is CN(C)c1ccc(CNC(=O)COC(=O)CNC(=O)c2cc(Cl)ccn2)cc1. The molecule has 0 fully saturated rings. The van der Waals surface area contributed by atoms with Crippen LogP contribution in [0.4, 0.5) is 5.69 Å². The minimum atomic E-state index is -0.735. The molecular weight excluding hydrogens is 384 g/mol. The third kappa shape index (κ3) is 6.88. The Morgan fingerprint density at radius 1 is 1.11 bits per heavy atom. The Bertz CT molecular complexity index is 840. The number of carbonyl (C=O) groups is 3. The number of amides is 2. The first-order valence-corrected chi connectivity index (χ1v) is 8.81. The van der Waals surface area contributed by atoms with Gasteiger partial charge in [-0.1, -0.05) is 23.7 Å². The molecular formula is C19H21ClN4O4. The summed E-state index contributed by atoms with van der Waals surface area (Å²) in [5.41, 5.74) is 2.06. The topological polar surface area (TPSA) is 101 Å². The summed E-state index contributed by atoms with van der Waals surface area (Å²) in [6.07, 6.45) is 1.38. The molecule has 0 saturated carbocycles. The quantitative estimate of drug-likeness (QED) is 0.645. The highest BCUT2D eigenvalue weighted by atomic mass is 35.5. The van der Waals surface area contributed by atoms with Crippen molar-refractivity contribution < 1.29 is 19.1 Å². The fourth-order valence-electron chi connectivity index (χ4n) is 2.13. The fourth-order valence-corrected chi connectivity index (χ4v) is 2.29. The van der Waals surface area contributed by atoms with Crippen LogP contribution >= 0.6 is 11.6 Å². The van der Waals surface area contributed by atoms with Crippen LogP contribution in [-0.4, -0.2) is 50.0 Å². The van der Waals surface area contributed by atoms with Crippen molar-refractivity contribution in [2.24, 2.45) is 0 Å². The zero-order chi connectivity index (χ0) is 20.5. The van der Waals surface area contributed by atoms with Gasteiger partial charge in [0.15, 0.2) is 6.61 Å². The Labute approximate surface area is 167 Å². The Kier molecular flexibility index (Phi) is 7.76. The molecule has 148 valence electrons. The van der Waals surface area contributed by atoms with E-state index in [2.05, 4.69) is 15.6 Å². The van der Waals surface area contributed by atoms with E-state index in [9.17, 15) is 14.4 Å². The van der Waals surface area contributed by atoms with Gasteiger partial charge in [-0.3, -0.25) is 19.4 Å². The predicted molar refractivity (Wildman–Crippen MR) is 105 cm³/mol. The molecule has 0 saturated heterocycles. The maximum Gasteiger partial charge on any atom is 0.325 e. The van der Waals surface area contributed by atoms with Crippen molar-refractivity contribution >= 4 is 35.1 Å². The highest BCUT2D eigenvalue weighted by Gasteiger charge is 2.12. The van der Waals surface area contributed by atoms with Crippen LogP contribution in [0.25, 0.3) is 0 Å². The second-order valence-electron chi connectivity index (χ2n) is 6.04. The molecule has 0 spiro atoms. The zero-order valence-corrected chi connectivity index (χ0v) is 16.3. The molecule has 0 bridgehead atoms. The van der Waals surface area contributed by atoms with Gasteiger partial charge in [-0.15, -0.1) is 0 Å². The number of nitrogens with zero attached hydrogens (tertiary/aromatic N) is 2. The van der Waals surface area contributed by atoms with Gasteiger partial charge >= 0.3 is 5.97 Å². The molecule has 0 aliphatic rings. The van der Waals surface area contributed by atoms with E-state index in [0.29, 0.717) is 11.6 Å². The van der Waals surface area contributed by atoms with Crippen molar-refractivity contribution in [1.29, 1.82) is 0 Å². The third-order valence-electron chi connectivity index (χ3n) is 3.65. The smallest absolute Gasteiger partial charge is 0.325 e. The highest BCUT2D eigenvalue weighted by molar-refractivity contribution is 6.30. The molecule has 28 heavy (non-hydrogen) atoms. The van der Waals surface area contributed by atoms with E-state index in [0.717, 1.165) is 11.3 Å². The van der Waals surface area contributed by atoms with Gasteiger partial charge in [-0.2, -0.15) is 0 Å². The van der Waals surface area contributed by atoms with Crippen LogP contribution in [0.15, 0.2) is 42.6 Å². The molecule has 1 aromatic carbocycles. The molecule has 0 atom stereocenters. The van der Waals surface area contributed by atoms with Crippen LogP contribution < -0.4 is 15.5 Å². The predicted octanol–water partition coefficient (Wildman–Crippen LogP) is 1.39. The first-order chi connectivity index (χ1) is 13.3. The maximum atomic E-state index is 11.8. The molecule has 2 aromatic rings. The van der Waals surface area contributed by atoms with Crippen molar-refractivity contribution in [3.8, 4) is 0 Å². The van der Waals surface area contributed by atoms with E-state index >= 15 is 0 Å². The summed E-state index contributed by atoms with van der Waals surface area (Å²) in [6, 6.07) is 10.6. The number of esters is 1. The largest absolute Gasteiger partial charge is 0.454 e. The van der Waals surface area contributed by atoms with E-state index in [1.807, 2.05) is 43.3 Å². The van der Waals surface area contributed by atoms with Crippen LogP contribution in [0, 0.1) is 0 Å². The molecule has 2 amide bonds. The monoisotopic (exact) mass is 404 g/mol. The number of ether oxygens (including phenoxy) is 1. The van der Waals surface area contributed by atoms with Crippen molar-refractivity contribution in [2.45, 2.75) is 6.54 Å². The lowest BCUT2D eigenvalue weighted by Gasteiger charge is -2.13. The van der Waals surface area contributed by atoms with Crippen molar-refractivity contribution in [1.82, 2.24) is 15.6 Å². The van der Waals surface area contributed by atoms with E-state index < -0.39 is 24.4 Å².